The molecule has 0 aliphatic carbocycles. The summed E-state index contributed by atoms with van der Waals surface area (Å²) < 4.78 is 11.2. The van der Waals surface area contributed by atoms with Crippen molar-refractivity contribution in [1.82, 2.24) is 15.5 Å². The van der Waals surface area contributed by atoms with E-state index in [0.29, 0.717) is 22.5 Å². The van der Waals surface area contributed by atoms with Crippen LogP contribution in [0.15, 0.2) is 34.9 Å². The molecule has 28 heavy (non-hydrogen) atoms. The Hall–Kier alpha value is -2.08. The Morgan fingerprint density at radius 1 is 1.21 bits per heavy atom. The van der Waals surface area contributed by atoms with Crippen molar-refractivity contribution in [1.29, 1.82) is 0 Å². The number of fused-ring (bicyclic) bond motifs is 1. The molecule has 1 aromatic heterocycles. The van der Waals surface area contributed by atoms with E-state index in [1.54, 1.807) is 6.07 Å². The zero-order valence-corrected chi connectivity index (χ0v) is 17.7. The van der Waals surface area contributed by atoms with Gasteiger partial charge in [-0.05, 0) is 68.6 Å². The molecule has 3 aromatic rings. The van der Waals surface area contributed by atoms with Crippen molar-refractivity contribution in [3.05, 3.63) is 52.0 Å². The number of hydrogen-bond donors (Lipinski definition) is 1. The van der Waals surface area contributed by atoms with E-state index < -0.39 is 0 Å². The van der Waals surface area contributed by atoms with Gasteiger partial charge in [0.15, 0.2) is 0 Å². The highest BCUT2D eigenvalue weighted by Crippen LogP contribution is 2.33. The molecule has 0 unspecified atom stereocenters. The van der Waals surface area contributed by atoms with Crippen LogP contribution >= 0.6 is 24.0 Å². The molecule has 5 nitrogen and oxygen atoms in total. The van der Waals surface area contributed by atoms with E-state index in [1.165, 1.54) is 16.7 Å². The maximum absolute atomic E-state index is 6.33. The molecule has 0 bridgehead atoms. The summed E-state index contributed by atoms with van der Waals surface area (Å²) in [5.74, 6) is 1.69. The van der Waals surface area contributed by atoms with Gasteiger partial charge in [0, 0.05) is 17.7 Å². The van der Waals surface area contributed by atoms with Crippen LogP contribution in [-0.2, 0) is 13.0 Å². The minimum absolute atomic E-state index is 0. The van der Waals surface area contributed by atoms with Crippen LogP contribution in [0.1, 0.15) is 30.5 Å². The van der Waals surface area contributed by atoms with Crippen molar-refractivity contribution in [2.45, 2.75) is 39.8 Å². The summed E-state index contributed by atoms with van der Waals surface area (Å²) in [5.41, 5.74) is 5.74. The van der Waals surface area contributed by atoms with Gasteiger partial charge in [-0.25, -0.2) is 0 Å². The Morgan fingerprint density at radius 2 is 2.04 bits per heavy atom. The van der Waals surface area contributed by atoms with Gasteiger partial charge in [-0.2, -0.15) is 4.98 Å². The summed E-state index contributed by atoms with van der Waals surface area (Å²) >= 11 is 6.33. The Morgan fingerprint density at radius 3 is 2.79 bits per heavy atom. The van der Waals surface area contributed by atoms with Gasteiger partial charge in [-0.1, -0.05) is 28.9 Å². The van der Waals surface area contributed by atoms with Gasteiger partial charge in [0.1, 0.15) is 5.75 Å². The number of benzene rings is 2. The number of nitrogens with zero attached hydrogens (tertiary/aromatic N) is 2. The molecule has 1 N–H and O–H groups in total. The highest BCUT2D eigenvalue weighted by molar-refractivity contribution is 6.32. The molecule has 1 aliphatic rings. The van der Waals surface area contributed by atoms with Crippen molar-refractivity contribution >= 4 is 24.0 Å². The number of hydrogen-bond acceptors (Lipinski definition) is 5. The van der Waals surface area contributed by atoms with Crippen LogP contribution in [0.2, 0.25) is 5.02 Å². The van der Waals surface area contributed by atoms with Gasteiger partial charge in [-0.15, -0.1) is 12.4 Å². The highest BCUT2D eigenvalue weighted by atomic mass is 35.5. The van der Waals surface area contributed by atoms with E-state index in [2.05, 4.69) is 34.5 Å². The van der Waals surface area contributed by atoms with Gasteiger partial charge in [0.05, 0.1) is 11.1 Å². The van der Waals surface area contributed by atoms with E-state index >= 15 is 0 Å². The average Bonchev–Trinajstić information content (AvgIpc) is 3.13. The van der Waals surface area contributed by atoms with Crippen LogP contribution in [0.3, 0.4) is 0 Å². The first-order valence-corrected chi connectivity index (χ1v) is 9.53. The summed E-state index contributed by atoms with van der Waals surface area (Å²) in [6, 6.07) is 9.73. The van der Waals surface area contributed by atoms with E-state index in [0.717, 1.165) is 30.6 Å². The predicted molar refractivity (Wildman–Crippen MR) is 113 cm³/mol. The smallest absolute Gasteiger partial charge is 0.258 e. The van der Waals surface area contributed by atoms with Gasteiger partial charge in [0.25, 0.3) is 5.89 Å². The summed E-state index contributed by atoms with van der Waals surface area (Å²) in [4.78, 5) is 4.60. The largest absolute Gasteiger partial charge is 0.489 e. The third-order valence-electron chi connectivity index (χ3n) is 4.77. The van der Waals surface area contributed by atoms with Crippen LogP contribution in [0, 0.1) is 6.92 Å². The van der Waals surface area contributed by atoms with E-state index in [1.807, 2.05) is 26.0 Å². The van der Waals surface area contributed by atoms with Crippen molar-refractivity contribution in [3.63, 3.8) is 0 Å². The zero-order chi connectivity index (χ0) is 19.0. The van der Waals surface area contributed by atoms with E-state index in [4.69, 9.17) is 20.9 Å². The predicted octanol–water partition coefficient (Wildman–Crippen LogP) is 5.22. The van der Waals surface area contributed by atoms with Crippen LogP contribution in [-0.4, -0.2) is 22.8 Å². The lowest BCUT2D eigenvalue weighted by molar-refractivity contribution is 0.242. The third kappa shape index (κ3) is 4.02. The first-order chi connectivity index (χ1) is 13.0. The molecule has 148 valence electrons. The van der Waals surface area contributed by atoms with Gasteiger partial charge >= 0.3 is 0 Å². The molecule has 4 rings (SSSR count). The van der Waals surface area contributed by atoms with Gasteiger partial charge < -0.3 is 14.6 Å². The molecule has 1 aliphatic heterocycles. The second kappa shape index (κ2) is 8.52. The van der Waals surface area contributed by atoms with Crippen LogP contribution in [0.4, 0.5) is 0 Å². The molecular weight excluding hydrogens is 397 g/mol. The highest BCUT2D eigenvalue weighted by Gasteiger charge is 2.18. The second-order valence-corrected chi connectivity index (χ2v) is 7.44. The van der Waals surface area contributed by atoms with Crippen molar-refractivity contribution in [3.8, 4) is 28.6 Å². The summed E-state index contributed by atoms with van der Waals surface area (Å²) in [6.07, 6.45) is 1.08. The Kier molecular flexibility index (Phi) is 6.28. The number of nitrogens with one attached hydrogen (secondary N) is 1. The topological polar surface area (TPSA) is 60.2 Å². The molecule has 0 atom stereocenters. The monoisotopic (exact) mass is 419 g/mol. The number of halogens is 2. The lowest BCUT2D eigenvalue weighted by atomic mass is 9.92. The quantitative estimate of drug-likeness (QED) is 0.627. The first kappa shape index (κ1) is 20.6. The van der Waals surface area contributed by atoms with Crippen LogP contribution in [0.5, 0.6) is 5.75 Å². The SMILES string of the molecule is Cc1c(-c2noc(-c3ccc(OC(C)C)c(Cl)c3)n2)ccc2c1CCNC2.Cl. The number of ether oxygens (including phenoxy) is 1. The van der Waals surface area contributed by atoms with Gasteiger partial charge in [0.2, 0.25) is 5.82 Å². The standard InChI is InChI=1S/C21H22ClN3O2.ClH/c1-12(2)26-19-7-5-14(10-18(19)22)21-24-20(25-27-21)17-6-4-15-11-23-9-8-16(15)13(17)3;/h4-7,10,12,23H,8-9,11H2,1-3H3;1H. The fraction of sp³-hybridized carbons (Fsp3) is 0.333. The van der Waals surface area contributed by atoms with Crippen molar-refractivity contribution in [2.24, 2.45) is 0 Å². The lowest BCUT2D eigenvalue weighted by Gasteiger charge is -2.20. The maximum atomic E-state index is 6.33. The summed E-state index contributed by atoms with van der Waals surface area (Å²) in [7, 11) is 0. The Bertz CT molecular complexity index is 986. The molecule has 0 fully saturated rings. The minimum Gasteiger partial charge on any atom is -0.489 e. The molecule has 0 saturated heterocycles. The van der Waals surface area contributed by atoms with Crippen LogP contribution < -0.4 is 10.1 Å². The Labute approximate surface area is 175 Å². The fourth-order valence-corrected chi connectivity index (χ4v) is 3.66. The van der Waals surface area contributed by atoms with E-state index in [-0.39, 0.29) is 18.5 Å². The average molecular weight is 420 g/mol. The van der Waals surface area contributed by atoms with Crippen molar-refractivity contribution < 1.29 is 9.26 Å². The third-order valence-corrected chi connectivity index (χ3v) is 5.07. The first-order valence-electron chi connectivity index (χ1n) is 9.15. The molecule has 0 amide bonds. The zero-order valence-electron chi connectivity index (χ0n) is 16.1. The summed E-state index contributed by atoms with van der Waals surface area (Å²) in [5, 5.41) is 8.13. The fourth-order valence-electron chi connectivity index (χ4n) is 3.44. The molecule has 2 aromatic carbocycles. The number of rotatable bonds is 4. The second-order valence-electron chi connectivity index (χ2n) is 7.04. The molecule has 7 heteroatoms. The van der Waals surface area contributed by atoms with Crippen molar-refractivity contribution in [2.75, 3.05) is 6.54 Å². The molecule has 0 radical (unpaired) electrons. The Balaban J connectivity index is 0.00000225. The van der Waals surface area contributed by atoms with E-state index in [9.17, 15) is 0 Å². The molecule has 0 spiro atoms. The lowest BCUT2D eigenvalue weighted by Crippen LogP contribution is -2.24. The molecule has 2 heterocycles. The molecule has 0 saturated carbocycles. The minimum atomic E-state index is 0. The normalized spacial score (nSPS) is 13.2. The molecular formula is C21H23Cl2N3O2. The van der Waals surface area contributed by atoms with Gasteiger partial charge in [-0.3, -0.25) is 0 Å². The summed E-state index contributed by atoms with van der Waals surface area (Å²) in [6.45, 7) is 7.97. The maximum Gasteiger partial charge on any atom is 0.258 e. The number of aromatic nitrogens is 2. The van der Waals surface area contributed by atoms with Crippen LogP contribution in [0.25, 0.3) is 22.8 Å².